The Kier molecular flexibility index (Phi) is 8.10. The summed E-state index contributed by atoms with van der Waals surface area (Å²) in [6, 6.07) is 9.41. The Morgan fingerprint density at radius 1 is 1.24 bits per heavy atom. The molecule has 0 unspecified atom stereocenters. The molecule has 9 heteroatoms. The average Bonchev–Trinajstić information content (AvgIpc) is 3.53. The van der Waals surface area contributed by atoms with Crippen LogP contribution in [0.1, 0.15) is 61.0 Å². The fourth-order valence-corrected chi connectivity index (χ4v) is 5.51. The van der Waals surface area contributed by atoms with Crippen LogP contribution in [0.15, 0.2) is 30.3 Å². The highest BCUT2D eigenvalue weighted by atomic mass is 16.5. The molecule has 1 aromatic carbocycles. The number of hydrogen-bond donors (Lipinski definition) is 2. The van der Waals surface area contributed by atoms with Gasteiger partial charge in [0, 0.05) is 31.1 Å². The van der Waals surface area contributed by atoms with Crippen LogP contribution >= 0.6 is 0 Å². The van der Waals surface area contributed by atoms with E-state index in [1.807, 2.05) is 18.2 Å². The van der Waals surface area contributed by atoms with Crippen molar-refractivity contribution in [2.24, 2.45) is 5.92 Å². The van der Waals surface area contributed by atoms with Crippen LogP contribution in [0.3, 0.4) is 0 Å². The number of nitrogens with one attached hydrogen (secondary N) is 2. The molecular weight excluding hydrogens is 484 g/mol. The number of ether oxygens (including phenoxy) is 2. The minimum absolute atomic E-state index is 0.00380. The van der Waals surface area contributed by atoms with Crippen molar-refractivity contribution in [3.05, 3.63) is 52.7 Å². The normalized spacial score (nSPS) is 18.7. The number of rotatable bonds is 10. The van der Waals surface area contributed by atoms with Gasteiger partial charge in [-0.1, -0.05) is 18.2 Å². The summed E-state index contributed by atoms with van der Waals surface area (Å²) in [5.74, 6) is 0.964. The molecule has 2 aromatic rings. The van der Waals surface area contributed by atoms with Gasteiger partial charge < -0.3 is 25.0 Å². The van der Waals surface area contributed by atoms with Crippen molar-refractivity contribution in [1.29, 1.82) is 0 Å². The number of fused-ring (bicyclic) bond motifs is 2. The Morgan fingerprint density at radius 3 is 2.97 bits per heavy atom. The van der Waals surface area contributed by atoms with Crippen LogP contribution in [0.25, 0.3) is 0 Å². The maximum Gasteiger partial charge on any atom is 0.308 e. The Balaban J connectivity index is 1.16. The van der Waals surface area contributed by atoms with E-state index in [-0.39, 0.29) is 43.3 Å². The lowest BCUT2D eigenvalue weighted by Gasteiger charge is -2.22. The maximum atomic E-state index is 13.1. The second kappa shape index (κ2) is 11.8. The monoisotopic (exact) mass is 520 g/mol. The molecule has 0 saturated carbocycles. The largest absolute Gasteiger partial charge is 0.493 e. The molecule has 38 heavy (non-hydrogen) atoms. The van der Waals surface area contributed by atoms with Crippen molar-refractivity contribution < 1.29 is 23.9 Å². The number of pyridine rings is 1. The van der Waals surface area contributed by atoms with E-state index in [0.717, 1.165) is 67.0 Å². The summed E-state index contributed by atoms with van der Waals surface area (Å²) < 4.78 is 10.8. The van der Waals surface area contributed by atoms with E-state index in [2.05, 4.69) is 22.8 Å². The van der Waals surface area contributed by atoms with Gasteiger partial charge in [0.2, 0.25) is 11.8 Å². The zero-order chi connectivity index (χ0) is 26.5. The fourth-order valence-electron chi connectivity index (χ4n) is 5.51. The highest BCUT2D eigenvalue weighted by Crippen LogP contribution is 2.30. The topological polar surface area (TPSA) is 110 Å². The molecule has 0 aliphatic carbocycles. The van der Waals surface area contributed by atoms with Crippen molar-refractivity contribution >= 4 is 23.6 Å². The molecule has 2 N–H and O–H groups in total. The molecule has 202 valence electrons. The first-order chi connectivity index (χ1) is 18.5. The lowest BCUT2D eigenvalue weighted by atomic mass is 9.99. The molecule has 1 saturated heterocycles. The first kappa shape index (κ1) is 26.0. The lowest BCUT2D eigenvalue weighted by Crippen LogP contribution is -2.40. The van der Waals surface area contributed by atoms with Crippen molar-refractivity contribution in [1.82, 2.24) is 15.2 Å². The summed E-state index contributed by atoms with van der Waals surface area (Å²) in [5, 5.41) is 6.32. The van der Waals surface area contributed by atoms with Gasteiger partial charge in [0.05, 0.1) is 32.2 Å². The molecule has 0 spiro atoms. The van der Waals surface area contributed by atoms with Crippen LogP contribution in [-0.2, 0) is 38.4 Å². The Hall–Kier alpha value is -3.62. The summed E-state index contributed by atoms with van der Waals surface area (Å²) in [6.45, 7) is 4.12. The molecule has 5 rings (SSSR count). The van der Waals surface area contributed by atoms with E-state index in [9.17, 15) is 14.4 Å². The van der Waals surface area contributed by atoms with Crippen molar-refractivity contribution in [3.8, 4) is 5.75 Å². The van der Waals surface area contributed by atoms with Gasteiger partial charge in [0.25, 0.3) is 0 Å². The molecule has 3 aliphatic heterocycles. The first-order valence-corrected chi connectivity index (χ1v) is 13.7. The Labute approximate surface area is 223 Å². The van der Waals surface area contributed by atoms with E-state index >= 15 is 0 Å². The maximum absolute atomic E-state index is 13.1. The first-order valence-electron chi connectivity index (χ1n) is 13.7. The van der Waals surface area contributed by atoms with Crippen LogP contribution < -0.4 is 15.4 Å². The van der Waals surface area contributed by atoms with Crippen LogP contribution in [-0.4, -0.2) is 60.5 Å². The van der Waals surface area contributed by atoms with Gasteiger partial charge >= 0.3 is 5.97 Å². The quantitative estimate of drug-likeness (QED) is 0.464. The number of aromatic nitrogens is 1. The van der Waals surface area contributed by atoms with Gasteiger partial charge in [0.1, 0.15) is 11.6 Å². The molecule has 2 atom stereocenters. The summed E-state index contributed by atoms with van der Waals surface area (Å²) in [5.41, 5.74) is 4.14. The van der Waals surface area contributed by atoms with Gasteiger partial charge in [-0.2, -0.15) is 0 Å². The molecule has 1 aromatic heterocycles. The van der Waals surface area contributed by atoms with E-state index < -0.39 is 6.04 Å². The number of benzene rings is 1. The lowest BCUT2D eigenvalue weighted by molar-refractivity contribution is -0.144. The van der Waals surface area contributed by atoms with E-state index in [1.54, 1.807) is 11.8 Å². The molecule has 1 fully saturated rings. The molecular formula is C29H36N4O5. The molecule has 4 heterocycles. The highest BCUT2D eigenvalue weighted by molar-refractivity contribution is 5.87. The van der Waals surface area contributed by atoms with Gasteiger partial charge in [-0.25, -0.2) is 4.98 Å². The minimum Gasteiger partial charge on any atom is -0.493 e. The molecule has 3 aliphatic rings. The average molecular weight is 521 g/mol. The van der Waals surface area contributed by atoms with Crippen LogP contribution in [0, 0.1) is 5.92 Å². The molecule has 0 bridgehead atoms. The zero-order valence-electron chi connectivity index (χ0n) is 22.0. The second-order valence-electron chi connectivity index (χ2n) is 10.2. The number of amides is 2. The minimum atomic E-state index is -0.562. The zero-order valence-corrected chi connectivity index (χ0v) is 22.0. The number of anilines is 1. The summed E-state index contributed by atoms with van der Waals surface area (Å²) >= 11 is 0. The number of carbonyl (C=O) groups excluding carboxylic acids is 3. The smallest absolute Gasteiger partial charge is 0.308 e. The SMILES string of the molecule is CCOC(=O)C[C@H](NC(=O)CN1CC[C@H](CCc2ccc3c(n2)NCCC3)C1=O)c1ccc2c(c1)OCC2. The number of nitrogens with zero attached hydrogens (tertiary/aromatic N) is 2. The van der Waals surface area contributed by atoms with Gasteiger partial charge in [-0.05, 0) is 67.9 Å². The summed E-state index contributed by atoms with van der Waals surface area (Å²) in [7, 11) is 0. The van der Waals surface area contributed by atoms with Gasteiger partial charge in [-0.15, -0.1) is 0 Å². The third-order valence-electron chi connectivity index (χ3n) is 7.58. The van der Waals surface area contributed by atoms with E-state index in [0.29, 0.717) is 19.6 Å². The third kappa shape index (κ3) is 6.09. The number of likely N-dealkylation sites (tertiary alicyclic amines) is 1. The van der Waals surface area contributed by atoms with Crippen LogP contribution in [0.5, 0.6) is 5.75 Å². The van der Waals surface area contributed by atoms with E-state index in [1.165, 1.54) is 5.56 Å². The van der Waals surface area contributed by atoms with Crippen LogP contribution in [0.4, 0.5) is 5.82 Å². The third-order valence-corrected chi connectivity index (χ3v) is 7.58. The van der Waals surface area contributed by atoms with Crippen molar-refractivity contribution in [2.75, 3.05) is 38.2 Å². The summed E-state index contributed by atoms with van der Waals surface area (Å²) in [4.78, 5) is 44.7. The predicted octanol–water partition coefficient (Wildman–Crippen LogP) is 2.97. The van der Waals surface area contributed by atoms with Crippen molar-refractivity contribution in [2.45, 2.75) is 57.9 Å². The summed E-state index contributed by atoms with van der Waals surface area (Å²) in [6.07, 6.45) is 5.20. The standard InChI is InChI=1S/C29H36N4O5/c1-2-37-27(35)17-24(22-6-5-19-12-15-38-25(19)16-22)32-26(34)18-33-14-11-21(29(33)36)8-10-23-9-7-20-4-3-13-30-28(20)31-23/h5-7,9,16,21,24H,2-4,8,10-15,17-18H2,1H3,(H,30,31)(H,32,34)/t21-,24-/m0/s1. The van der Waals surface area contributed by atoms with Gasteiger partial charge in [-0.3, -0.25) is 14.4 Å². The van der Waals surface area contributed by atoms with Gasteiger partial charge in [0.15, 0.2) is 0 Å². The number of esters is 1. The Morgan fingerprint density at radius 2 is 2.11 bits per heavy atom. The number of hydrogen-bond acceptors (Lipinski definition) is 7. The number of aryl methyl sites for hydroxylation is 2. The molecule has 0 radical (unpaired) electrons. The van der Waals surface area contributed by atoms with E-state index in [4.69, 9.17) is 14.5 Å². The van der Waals surface area contributed by atoms with Crippen molar-refractivity contribution in [3.63, 3.8) is 0 Å². The molecule has 9 nitrogen and oxygen atoms in total. The molecule has 2 amide bonds. The second-order valence-corrected chi connectivity index (χ2v) is 10.2. The van der Waals surface area contributed by atoms with Crippen LogP contribution in [0.2, 0.25) is 0 Å². The number of carbonyl (C=O) groups is 3. The highest BCUT2D eigenvalue weighted by Gasteiger charge is 2.33. The Bertz CT molecular complexity index is 1200. The fraction of sp³-hybridized carbons (Fsp3) is 0.517. The predicted molar refractivity (Wildman–Crippen MR) is 142 cm³/mol.